The van der Waals surface area contributed by atoms with Gasteiger partial charge in [-0.05, 0) is 91.8 Å². The van der Waals surface area contributed by atoms with E-state index in [4.69, 9.17) is 10.5 Å². The number of hydrogen-bond donors (Lipinski definition) is 1. The zero-order valence-electron chi connectivity index (χ0n) is 20.3. The molecule has 0 bridgehead atoms. The van der Waals surface area contributed by atoms with Crippen molar-refractivity contribution in [2.24, 2.45) is 5.73 Å². The quantitative estimate of drug-likeness (QED) is 0.438. The minimum atomic E-state index is -0.488. The van der Waals surface area contributed by atoms with Crippen molar-refractivity contribution in [2.45, 2.75) is 34.1 Å². The number of nitrogens with two attached hydrogens (primary N) is 1. The van der Waals surface area contributed by atoms with Gasteiger partial charge in [0.25, 0.3) is 11.5 Å². The number of hydrogen-bond acceptors (Lipinski definition) is 4. The van der Waals surface area contributed by atoms with Crippen LogP contribution in [0, 0.1) is 6.92 Å². The molecule has 0 saturated carbocycles. The Balaban J connectivity index is 1.79. The molecule has 0 spiro atoms. The second kappa shape index (κ2) is 8.55. The summed E-state index contributed by atoms with van der Waals surface area (Å²) in [6.07, 6.45) is 2.23. The zero-order chi connectivity index (χ0) is 24.9. The van der Waals surface area contributed by atoms with Gasteiger partial charge in [0, 0.05) is 0 Å². The molecule has 6 nitrogen and oxygen atoms in total. The molecule has 3 aromatic carbocycles. The number of carbonyl (C=O) groups excluding carboxylic acids is 1. The molecule has 0 aliphatic heterocycles. The van der Waals surface area contributed by atoms with E-state index in [1.165, 1.54) is 5.57 Å². The van der Waals surface area contributed by atoms with Crippen LogP contribution >= 0.6 is 0 Å². The van der Waals surface area contributed by atoms with Gasteiger partial charge in [0.05, 0.1) is 28.8 Å². The van der Waals surface area contributed by atoms with E-state index in [0.717, 1.165) is 39.1 Å². The van der Waals surface area contributed by atoms with Gasteiger partial charge < -0.3 is 10.5 Å². The van der Waals surface area contributed by atoms with Gasteiger partial charge in [0.2, 0.25) is 0 Å². The van der Waals surface area contributed by atoms with Gasteiger partial charge in [-0.1, -0.05) is 29.8 Å². The van der Waals surface area contributed by atoms with Crippen molar-refractivity contribution in [3.05, 3.63) is 93.0 Å². The van der Waals surface area contributed by atoms with E-state index in [9.17, 15) is 9.59 Å². The number of ether oxygens (including phenoxy) is 1. The Labute approximate surface area is 203 Å². The number of carbonyl (C=O) groups is 1. The lowest BCUT2D eigenvalue weighted by Gasteiger charge is -2.20. The first-order chi connectivity index (χ1) is 16.8. The normalized spacial score (nSPS) is 12.8. The van der Waals surface area contributed by atoms with Crippen LogP contribution in [0.5, 0.6) is 5.75 Å². The predicted molar refractivity (Wildman–Crippen MR) is 139 cm³/mol. The molecule has 4 aromatic rings. The van der Waals surface area contributed by atoms with Crippen LogP contribution < -0.4 is 16.0 Å². The maximum Gasteiger partial charge on any atom is 0.265 e. The van der Waals surface area contributed by atoms with E-state index < -0.39 is 5.91 Å². The Kier molecular flexibility index (Phi) is 5.52. The van der Waals surface area contributed by atoms with Crippen LogP contribution in [0.2, 0.25) is 0 Å². The number of allylic oxidation sites excluding steroid dienone is 2. The van der Waals surface area contributed by atoms with Gasteiger partial charge in [-0.3, -0.25) is 14.2 Å². The second-order valence-electron chi connectivity index (χ2n) is 8.92. The van der Waals surface area contributed by atoms with Crippen LogP contribution in [0.4, 0.5) is 0 Å². The number of nitrogens with zero attached hydrogens (tertiary/aromatic N) is 2. The minimum absolute atomic E-state index is 0.118. The number of fused-ring (bicyclic) bond motifs is 2. The molecule has 176 valence electrons. The van der Waals surface area contributed by atoms with Crippen LogP contribution in [-0.2, 0) is 6.42 Å². The van der Waals surface area contributed by atoms with Gasteiger partial charge in [0.1, 0.15) is 12.1 Å². The summed E-state index contributed by atoms with van der Waals surface area (Å²) in [4.78, 5) is 30.3. The molecule has 1 aliphatic rings. The summed E-state index contributed by atoms with van der Waals surface area (Å²) in [6.45, 7) is 8.46. The zero-order valence-corrected chi connectivity index (χ0v) is 20.3. The maximum absolute atomic E-state index is 13.3. The van der Waals surface area contributed by atoms with Crippen LogP contribution in [-0.4, -0.2) is 22.1 Å². The van der Waals surface area contributed by atoms with Crippen molar-refractivity contribution in [1.82, 2.24) is 9.55 Å². The van der Waals surface area contributed by atoms with E-state index in [1.54, 1.807) is 17.0 Å². The molecule has 1 amide bonds. The van der Waals surface area contributed by atoms with E-state index in [0.29, 0.717) is 35.2 Å². The number of amides is 1. The molecule has 0 fully saturated rings. The largest absolute Gasteiger partial charge is 0.493 e. The number of para-hydroxylation sites is 1. The standard InChI is InChI=1S/C29H27N3O3/c1-5-35-25-14-21(26-17(3)16(2)13-22(26)27(25)28(30)33)19-10-8-12-24(18(19)4)32-15-31-23-11-7-6-9-20(23)29(32)34/h6-12,14-15H,5,13H2,1-4H3,(H2,30,33). The van der Waals surface area contributed by atoms with Gasteiger partial charge in [0.15, 0.2) is 0 Å². The Morgan fingerprint density at radius 3 is 2.60 bits per heavy atom. The number of aromatic nitrogens is 2. The number of rotatable bonds is 5. The molecule has 2 N–H and O–H groups in total. The Bertz CT molecular complexity index is 1610. The molecule has 0 unspecified atom stereocenters. The molecule has 1 heterocycles. The molecule has 0 radical (unpaired) electrons. The van der Waals surface area contributed by atoms with E-state index in [-0.39, 0.29) is 5.56 Å². The highest BCUT2D eigenvalue weighted by atomic mass is 16.5. The summed E-state index contributed by atoms with van der Waals surface area (Å²) in [5, 5.41) is 0.569. The average molecular weight is 466 g/mol. The fourth-order valence-electron chi connectivity index (χ4n) is 5.10. The van der Waals surface area contributed by atoms with Crippen LogP contribution in [0.25, 0.3) is 33.3 Å². The Hall–Kier alpha value is -4.19. The van der Waals surface area contributed by atoms with E-state index in [2.05, 4.69) is 18.8 Å². The third kappa shape index (κ3) is 3.53. The highest BCUT2D eigenvalue weighted by molar-refractivity contribution is 6.03. The molecule has 5 rings (SSSR count). The molecule has 0 atom stereocenters. The SMILES string of the molecule is CCOc1cc(-c2cccc(-n3cnc4ccccc4c3=O)c2C)c2c(c1C(N)=O)CC(C)=C2C. The van der Waals surface area contributed by atoms with Gasteiger partial charge in [-0.25, -0.2) is 4.98 Å². The first-order valence-corrected chi connectivity index (χ1v) is 11.7. The minimum Gasteiger partial charge on any atom is -0.493 e. The van der Waals surface area contributed by atoms with Gasteiger partial charge in [-0.15, -0.1) is 0 Å². The summed E-state index contributed by atoms with van der Waals surface area (Å²) >= 11 is 0. The average Bonchev–Trinajstić information content (AvgIpc) is 3.13. The van der Waals surface area contributed by atoms with Crippen molar-refractivity contribution in [1.29, 1.82) is 0 Å². The van der Waals surface area contributed by atoms with Crippen LogP contribution in [0.15, 0.2) is 65.2 Å². The van der Waals surface area contributed by atoms with E-state index >= 15 is 0 Å². The summed E-state index contributed by atoms with van der Waals surface area (Å²) in [5.41, 5.74) is 14.7. The number of primary amides is 1. The first kappa shape index (κ1) is 22.6. The molecular formula is C29H27N3O3. The van der Waals surface area contributed by atoms with Crippen molar-refractivity contribution in [2.75, 3.05) is 6.61 Å². The van der Waals surface area contributed by atoms with Crippen LogP contribution in [0.3, 0.4) is 0 Å². The molecule has 6 heteroatoms. The molecular weight excluding hydrogens is 438 g/mol. The van der Waals surface area contributed by atoms with Crippen molar-refractivity contribution in [3.63, 3.8) is 0 Å². The molecule has 0 saturated heterocycles. The second-order valence-corrected chi connectivity index (χ2v) is 8.92. The fraction of sp³-hybridized carbons (Fsp3) is 0.207. The third-order valence-electron chi connectivity index (χ3n) is 6.92. The van der Waals surface area contributed by atoms with Crippen molar-refractivity contribution >= 4 is 22.4 Å². The summed E-state index contributed by atoms with van der Waals surface area (Å²) in [7, 11) is 0. The van der Waals surface area contributed by atoms with Gasteiger partial charge >= 0.3 is 0 Å². The summed E-state index contributed by atoms with van der Waals surface area (Å²) < 4.78 is 7.49. The monoisotopic (exact) mass is 465 g/mol. The Morgan fingerprint density at radius 2 is 1.86 bits per heavy atom. The lowest BCUT2D eigenvalue weighted by molar-refractivity contribution is 0.0996. The topological polar surface area (TPSA) is 87.2 Å². The fourth-order valence-corrected chi connectivity index (χ4v) is 5.10. The smallest absolute Gasteiger partial charge is 0.265 e. The molecule has 1 aromatic heterocycles. The highest BCUT2D eigenvalue weighted by Gasteiger charge is 2.29. The highest BCUT2D eigenvalue weighted by Crippen LogP contribution is 2.45. The summed E-state index contributed by atoms with van der Waals surface area (Å²) in [6, 6.07) is 15.2. The third-order valence-corrected chi connectivity index (χ3v) is 6.92. The lowest BCUT2D eigenvalue weighted by atomic mass is 9.88. The first-order valence-electron chi connectivity index (χ1n) is 11.7. The number of benzene rings is 3. The van der Waals surface area contributed by atoms with Crippen LogP contribution in [0.1, 0.15) is 47.8 Å². The summed E-state index contributed by atoms with van der Waals surface area (Å²) in [5.74, 6) is 0.00334. The maximum atomic E-state index is 13.3. The lowest BCUT2D eigenvalue weighted by Crippen LogP contribution is -2.20. The van der Waals surface area contributed by atoms with Crippen molar-refractivity contribution < 1.29 is 9.53 Å². The van der Waals surface area contributed by atoms with Gasteiger partial charge in [-0.2, -0.15) is 0 Å². The van der Waals surface area contributed by atoms with Crippen molar-refractivity contribution in [3.8, 4) is 22.6 Å². The van der Waals surface area contributed by atoms with E-state index in [1.807, 2.05) is 56.3 Å². The molecule has 35 heavy (non-hydrogen) atoms. The predicted octanol–water partition coefficient (Wildman–Crippen LogP) is 5.21. The Morgan fingerprint density at radius 1 is 1.09 bits per heavy atom. The molecule has 1 aliphatic carbocycles.